The van der Waals surface area contributed by atoms with Crippen molar-refractivity contribution in [1.82, 2.24) is 0 Å². The molecule has 0 radical (unpaired) electrons. The molecule has 0 fully saturated rings. The monoisotopic (exact) mass is 662 g/mol. The number of hydrogen-bond donors (Lipinski definition) is 4. The lowest BCUT2D eigenvalue weighted by Gasteiger charge is -2.13. The van der Waals surface area contributed by atoms with E-state index in [1.54, 1.807) is 13.8 Å². The van der Waals surface area contributed by atoms with Crippen LogP contribution >= 0.6 is 0 Å². The zero-order chi connectivity index (χ0) is 33.9. The van der Waals surface area contributed by atoms with E-state index in [1.807, 2.05) is 12.1 Å². The molecule has 0 saturated heterocycles. The van der Waals surface area contributed by atoms with Gasteiger partial charge in [-0.25, -0.2) is 0 Å². The predicted octanol–water partition coefficient (Wildman–Crippen LogP) is 3.87. The maximum atomic E-state index is 10.3. The van der Waals surface area contributed by atoms with Crippen LogP contribution < -0.4 is 0 Å². The van der Waals surface area contributed by atoms with E-state index in [9.17, 15) is 5.11 Å². The van der Waals surface area contributed by atoms with E-state index in [4.69, 9.17) is 48.5 Å². The average molecular weight is 663 g/mol. The van der Waals surface area contributed by atoms with Crippen molar-refractivity contribution in [2.24, 2.45) is 0 Å². The molecule has 0 saturated carbocycles. The molecule has 11 nitrogen and oxygen atoms in total. The van der Waals surface area contributed by atoms with Gasteiger partial charge in [0, 0.05) is 0 Å². The topological polar surface area (TPSA) is 146 Å². The van der Waals surface area contributed by atoms with Crippen molar-refractivity contribution in [1.29, 1.82) is 0 Å². The summed E-state index contributed by atoms with van der Waals surface area (Å²) in [6.45, 7) is 11.4. The van der Waals surface area contributed by atoms with E-state index < -0.39 is 12.2 Å². The Morgan fingerprint density at radius 3 is 1.48 bits per heavy atom. The molecule has 3 unspecified atom stereocenters. The third-order valence-electron chi connectivity index (χ3n) is 6.68. The van der Waals surface area contributed by atoms with Gasteiger partial charge in [0.1, 0.15) is 6.10 Å². The van der Waals surface area contributed by atoms with E-state index in [2.05, 4.69) is 19.1 Å². The first kappa shape index (κ1) is 44.8. The van der Waals surface area contributed by atoms with Crippen LogP contribution in [0.1, 0.15) is 82.9 Å². The van der Waals surface area contributed by atoms with Gasteiger partial charge in [0.25, 0.3) is 0 Å². The summed E-state index contributed by atoms with van der Waals surface area (Å²) in [6.07, 6.45) is 9.11. The standard InChI is InChI=1S/C29H52O8.C6H14O3/c1-2-3-4-5-6-7-8-9-27-10-12-28(13-11-27)29(31)26-37-25-24-36-23-22-35-21-20-34-19-18-33-17-16-32-15-14-30;1-5(8)4-9-6(2)3-7/h10-13,29-31H,2-9,14-26H2,1H3;5-8H,3-4H2,1-2H3. The molecule has 11 heteroatoms. The van der Waals surface area contributed by atoms with Crippen molar-refractivity contribution < 1.29 is 53.6 Å². The zero-order valence-electron chi connectivity index (χ0n) is 29.0. The molecule has 1 rings (SSSR count). The van der Waals surface area contributed by atoms with Gasteiger partial charge >= 0.3 is 0 Å². The Kier molecular flexibility index (Phi) is 34.2. The molecule has 0 aromatic heterocycles. The molecule has 0 bridgehead atoms. The Labute approximate surface area is 278 Å². The van der Waals surface area contributed by atoms with Crippen molar-refractivity contribution in [2.75, 3.05) is 99.1 Å². The Bertz CT molecular complexity index is 721. The van der Waals surface area contributed by atoms with Crippen LogP contribution in [0.3, 0.4) is 0 Å². The van der Waals surface area contributed by atoms with Gasteiger partial charge in [0.2, 0.25) is 0 Å². The maximum absolute atomic E-state index is 10.3. The molecule has 0 aliphatic rings. The highest BCUT2D eigenvalue weighted by molar-refractivity contribution is 5.24. The first-order chi connectivity index (χ1) is 22.4. The highest BCUT2D eigenvalue weighted by atomic mass is 16.6. The molecule has 3 atom stereocenters. The van der Waals surface area contributed by atoms with Gasteiger partial charge in [-0.3, -0.25) is 0 Å². The number of aliphatic hydroxyl groups excluding tert-OH is 4. The highest BCUT2D eigenvalue weighted by Gasteiger charge is 2.08. The first-order valence-corrected chi connectivity index (χ1v) is 17.2. The summed E-state index contributed by atoms with van der Waals surface area (Å²) in [5.41, 5.74) is 2.22. The van der Waals surface area contributed by atoms with Crippen molar-refractivity contribution in [2.45, 2.75) is 90.4 Å². The molecule has 0 amide bonds. The number of aryl methyl sites for hydroxylation is 1. The van der Waals surface area contributed by atoms with E-state index in [-0.39, 0.29) is 25.9 Å². The second-order valence-electron chi connectivity index (χ2n) is 11.2. The van der Waals surface area contributed by atoms with Crippen LogP contribution in [-0.4, -0.2) is 132 Å². The minimum absolute atomic E-state index is 0.00667. The number of hydrogen-bond acceptors (Lipinski definition) is 11. The van der Waals surface area contributed by atoms with Gasteiger partial charge in [0.15, 0.2) is 0 Å². The fraction of sp³-hybridized carbons (Fsp3) is 0.829. The molecular weight excluding hydrogens is 596 g/mol. The number of aliphatic hydroxyl groups is 4. The third kappa shape index (κ3) is 31.4. The van der Waals surface area contributed by atoms with Gasteiger partial charge in [-0.2, -0.15) is 0 Å². The summed E-state index contributed by atoms with van der Waals surface area (Å²) in [4.78, 5) is 0. The van der Waals surface area contributed by atoms with Gasteiger partial charge < -0.3 is 53.6 Å². The Morgan fingerprint density at radius 2 is 1.02 bits per heavy atom. The van der Waals surface area contributed by atoms with Crippen LogP contribution in [-0.2, 0) is 39.6 Å². The molecule has 46 heavy (non-hydrogen) atoms. The van der Waals surface area contributed by atoms with E-state index >= 15 is 0 Å². The summed E-state index contributed by atoms with van der Waals surface area (Å²) in [5.74, 6) is 0. The molecule has 272 valence electrons. The Hall–Kier alpha value is -1.22. The maximum Gasteiger partial charge on any atom is 0.102 e. The first-order valence-electron chi connectivity index (χ1n) is 17.2. The van der Waals surface area contributed by atoms with Crippen molar-refractivity contribution >= 4 is 0 Å². The molecule has 1 aromatic rings. The Morgan fingerprint density at radius 1 is 0.565 bits per heavy atom. The second-order valence-corrected chi connectivity index (χ2v) is 11.2. The van der Waals surface area contributed by atoms with Crippen LogP contribution in [0.2, 0.25) is 0 Å². The highest BCUT2D eigenvalue weighted by Crippen LogP contribution is 2.16. The van der Waals surface area contributed by atoms with Crippen LogP contribution in [0.4, 0.5) is 0 Å². The molecule has 0 heterocycles. The summed E-state index contributed by atoms with van der Waals surface area (Å²) in [5, 5.41) is 36.0. The summed E-state index contributed by atoms with van der Waals surface area (Å²) < 4.78 is 37.3. The fourth-order valence-electron chi connectivity index (χ4n) is 4.00. The molecule has 1 aromatic carbocycles. The number of rotatable bonds is 32. The zero-order valence-corrected chi connectivity index (χ0v) is 29.0. The van der Waals surface area contributed by atoms with Gasteiger partial charge in [0.05, 0.1) is 111 Å². The van der Waals surface area contributed by atoms with Gasteiger partial charge in [-0.05, 0) is 37.8 Å². The molecule has 0 spiro atoms. The smallest absolute Gasteiger partial charge is 0.102 e. The SMILES string of the molecule is CC(O)COC(C)CO.CCCCCCCCCc1ccc(C(O)COCCOCCOCCOCCOCCOCCO)cc1. The number of ether oxygens (including phenoxy) is 7. The van der Waals surface area contributed by atoms with E-state index in [0.29, 0.717) is 79.3 Å². The van der Waals surface area contributed by atoms with Crippen LogP contribution in [0.25, 0.3) is 0 Å². The van der Waals surface area contributed by atoms with Gasteiger partial charge in [-0.15, -0.1) is 0 Å². The largest absolute Gasteiger partial charge is 0.394 e. The summed E-state index contributed by atoms with van der Waals surface area (Å²) >= 11 is 0. The average Bonchev–Trinajstić information content (AvgIpc) is 3.06. The van der Waals surface area contributed by atoms with Gasteiger partial charge in [-0.1, -0.05) is 69.7 Å². The fourth-order valence-corrected chi connectivity index (χ4v) is 4.00. The van der Waals surface area contributed by atoms with Crippen molar-refractivity contribution in [3.05, 3.63) is 35.4 Å². The molecule has 0 aliphatic carbocycles. The van der Waals surface area contributed by atoms with E-state index in [1.165, 1.54) is 50.5 Å². The number of benzene rings is 1. The molecular formula is C35H66O11. The quantitative estimate of drug-likeness (QED) is 0.0835. The summed E-state index contributed by atoms with van der Waals surface area (Å²) in [7, 11) is 0. The lowest BCUT2D eigenvalue weighted by molar-refractivity contribution is -0.0246. The Balaban J connectivity index is 0.00000195. The lowest BCUT2D eigenvalue weighted by Crippen LogP contribution is -2.19. The van der Waals surface area contributed by atoms with Crippen LogP contribution in [0, 0.1) is 0 Å². The van der Waals surface area contributed by atoms with Crippen molar-refractivity contribution in [3.8, 4) is 0 Å². The van der Waals surface area contributed by atoms with E-state index in [0.717, 1.165) is 12.0 Å². The molecule has 4 N–H and O–H groups in total. The number of unbranched alkanes of at least 4 members (excludes halogenated alkanes) is 6. The van der Waals surface area contributed by atoms with Crippen LogP contribution in [0.15, 0.2) is 24.3 Å². The molecule has 0 aliphatic heterocycles. The third-order valence-corrected chi connectivity index (χ3v) is 6.68. The second kappa shape index (κ2) is 35.1. The van der Waals surface area contributed by atoms with Crippen LogP contribution in [0.5, 0.6) is 0 Å². The van der Waals surface area contributed by atoms with Crippen molar-refractivity contribution in [3.63, 3.8) is 0 Å². The summed E-state index contributed by atoms with van der Waals surface area (Å²) in [6, 6.07) is 8.25. The lowest BCUT2D eigenvalue weighted by atomic mass is 10.0. The minimum Gasteiger partial charge on any atom is -0.394 e. The normalized spacial score (nSPS) is 13.3. The minimum atomic E-state index is -0.624. The predicted molar refractivity (Wildman–Crippen MR) is 179 cm³/mol.